The summed E-state index contributed by atoms with van der Waals surface area (Å²) in [5, 5.41) is 2.68. The molecule has 0 unspecified atom stereocenters. The molecule has 1 rings (SSSR count). The maximum Gasteiger partial charge on any atom is 0.310 e. The van der Waals surface area contributed by atoms with E-state index in [0.29, 0.717) is 24.0 Å². The van der Waals surface area contributed by atoms with Gasteiger partial charge in [0, 0.05) is 6.54 Å². The number of hydrogen-bond acceptors (Lipinski definition) is 5. The first kappa shape index (κ1) is 17.8. The fraction of sp³-hybridized carbons (Fsp3) is 0.500. The van der Waals surface area contributed by atoms with Crippen molar-refractivity contribution >= 4 is 11.9 Å². The number of ether oxygens (including phenoxy) is 3. The van der Waals surface area contributed by atoms with Crippen molar-refractivity contribution in [1.82, 2.24) is 5.32 Å². The summed E-state index contributed by atoms with van der Waals surface area (Å²) >= 11 is 0. The molecule has 0 radical (unpaired) electrons. The van der Waals surface area contributed by atoms with Gasteiger partial charge >= 0.3 is 5.97 Å². The Hall–Kier alpha value is -2.24. The lowest BCUT2D eigenvalue weighted by atomic mass is 10.1. The molecule has 6 nitrogen and oxygen atoms in total. The number of amides is 1. The summed E-state index contributed by atoms with van der Waals surface area (Å²) in [4.78, 5) is 23.2. The lowest BCUT2D eigenvalue weighted by Gasteiger charge is -2.10. The maximum absolute atomic E-state index is 11.7. The first-order valence-corrected chi connectivity index (χ1v) is 7.09. The van der Waals surface area contributed by atoms with Gasteiger partial charge in [0.1, 0.15) is 0 Å². The Morgan fingerprint density at radius 3 is 2.41 bits per heavy atom. The van der Waals surface area contributed by atoms with Gasteiger partial charge in [-0.25, -0.2) is 0 Å². The van der Waals surface area contributed by atoms with Crippen LogP contribution in [0.4, 0.5) is 0 Å². The van der Waals surface area contributed by atoms with Crippen LogP contribution in [0, 0.1) is 5.92 Å². The van der Waals surface area contributed by atoms with Crippen molar-refractivity contribution in [3.63, 3.8) is 0 Å². The van der Waals surface area contributed by atoms with Crippen molar-refractivity contribution in [2.24, 2.45) is 5.92 Å². The number of nitrogens with one attached hydrogen (secondary N) is 1. The zero-order valence-electron chi connectivity index (χ0n) is 13.5. The molecule has 0 saturated carbocycles. The van der Waals surface area contributed by atoms with E-state index in [1.807, 2.05) is 13.8 Å². The van der Waals surface area contributed by atoms with Crippen LogP contribution in [-0.2, 0) is 20.7 Å². The average Bonchev–Trinajstić information content (AvgIpc) is 2.50. The fourth-order valence-electron chi connectivity index (χ4n) is 1.72. The van der Waals surface area contributed by atoms with Gasteiger partial charge in [-0.2, -0.15) is 0 Å². The molecule has 1 aromatic carbocycles. The van der Waals surface area contributed by atoms with Crippen LogP contribution in [0.3, 0.4) is 0 Å². The molecule has 0 aliphatic rings. The van der Waals surface area contributed by atoms with E-state index in [4.69, 9.17) is 14.2 Å². The highest BCUT2D eigenvalue weighted by atomic mass is 16.5. The van der Waals surface area contributed by atoms with Gasteiger partial charge in [-0.3, -0.25) is 9.59 Å². The lowest BCUT2D eigenvalue weighted by Crippen LogP contribution is -2.31. The number of benzene rings is 1. The predicted octanol–water partition coefficient (Wildman–Crippen LogP) is 1.56. The van der Waals surface area contributed by atoms with E-state index in [2.05, 4.69) is 5.32 Å². The zero-order valence-corrected chi connectivity index (χ0v) is 13.5. The Morgan fingerprint density at radius 2 is 1.82 bits per heavy atom. The number of methoxy groups -OCH3 is 2. The number of carbonyl (C=O) groups is 2. The van der Waals surface area contributed by atoms with Gasteiger partial charge in [-0.1, -0.05) is 19.9 Å². The molecule has 0 spiro atoms. The van der Waals surface area contributed by atoms with Crippen LogP contribution in [0.25, 0.3) is 0 Å². The topological polar surface area (TPSA) is 73.9 Å². The molecule has 1 aromatic rings. The van der Waals surface area contributed by atoms with Gasteiger partial charge in [0.15, 0.2) is 18.1 Å². The van der Waals surface area contributed by atoms with Crippen LogP contribution in [0.2, 0.25) is 0 Å². The molecule has 0 saturated heterocycles. The summed E-state index contributed by atoms with van der Waals surface area (Å²) in [5.41, 5.74) is 0.727. The van der Waals surface area contributed by atoms with E-state index in [1.165, 1.54) is 7.11 Å². The molecule has 0 bridgehead atoms. The third-order valence-electron chi connectivity index (χ3n) is 2.87. The van der Waals surface area contributed by atoms with Crippen molar-refractivity contribution < 1.29 is 23.8 Å². The van der Waals surface area contributed by atoms with E-state index >= 15 is 0 Å². The van der Waals surface area contributed by atoms with Gasteiger partial charge < -0.3 is 19.5 Å². The van der Waals surface area contributed by atoms with Gasteiger partial charge in [0.2, 0.25) is 0 Å². The lowest BCUT2D eigenvalue weighted by molar-refractivity contribution is -0.147. The van der Waals surface area contributed by atoms with Gasteiger partial charge in [0.25, 0.3) is 5.91 Å². The van der Waals surface area contributed by atoms with E-state index < -0.39 is 5.97 Å². The number of rotatable bonds is 8. The van der Waals surface area contributed by atoms with Gasteiger partial charge in [0.05, 0.1) is 20.6 Å². The first-order chi connectivity index (χ1) is 10.5. The van der Waals surface area contributed by atoms with Crippen LogP contribution in [0.1, 0.15) is 19.4 Å². The molecule has 0 atom stereocenters. The molecule has 0 fully saturated rings. The molecular formula is C16H23NO5. The summed E-state index contributed by atoms with van der Waals surface area (Å²) in [6.45, 7) is 4.28. The Labute approximate surface area is 130 Å². The van der Waals surface area contributed by atoms with E-state index in [-0.39, 0.29) is 18.9 Å². The Bertz CT molecular complexity index is 513. The van der Waals surface area contributed by atoms with Crippen molar-refractivity contribution in [2.75, 3.05) is 27.4 Å². The van der Waals surface area contributed by atoms with E-state index in [0.717, 1.165) is 5.56 Å². The molecule has 1 N–H and O–H groups in total. The second-order valence-electron chi connectivity index (χ2n) is 5.22. The normalized spacial score (nSPS) is 10.2. The highest BCUT2D eigenvalue weighted by Crippen LogP contribution is 2.27. The summed E-state index contributed by atoms with van der Waals surface area (Å²) in [5.74, 6) is 0.725. The maximum atomic E-state index is 11.7. The molecule has 6 heteroatoms. The molecule has 22 heavy (non-hydrogen) atoms. The van der Waals surface area contributed by atoms with Crippen molar-refractivity contribution in [1.29, 1.82) is 0 Å². The SMILES string of the molecule is COc1ccc(CC(=O)OCC(=O)NCC(C)C)cc1OC. The highest BCUT2D eigenvalue weighted by molar-refractivity contribution is 5.81. The number of carbonyl (C=O) groups excluding carboxylic acids is 2. The van der Waals surface area contributed by atoms with E-state index in [9.17, 15) is 9.59 Å². The van der Waals surface area contributed by atoms with Crippen LogP contribution < -0.4 is 14.8 Å². The number of hydrogen-bond donors (Lipinski definition) is 1. The van der Waals surface area contributed by atoms with Crippen LogP contribution in [-0.4, -0.2) is 39.2 Å². The molecular weight excluding hydrogens is 286 g/mol. The van der Waals surface area contributed by atoms with Gasteiger partial charge in [-0.15, -0.1) is 0 Å². The van der Waals surface area contributed by atoms with Crippen LogP contribution >= 0.6 is 0 Å². The quantitative estimate of drug-likeness (QED) is 0.738. The minimum absolute atomic E-state index is 0.0673. The largest absolute Gasteiger partial charge is 0.493 e. The second kappa shape index (κ2) is 8.92. The third-order valence-corrected chi connectivity index (χ3v) is 2.87. The Balaban J connectivity index is 2.46. The minimum Gasteiger partial charge on any atom is -0.493 e. The monoisotopic (exact) mass is 309 g/mol. The third kappa shape index (κ3) is 6.03. The zero-order chi connectivity index (χ0) is 16.5. The molecule has 0 aliphatic carbocycles. The van der Waals surface area contributed by atoms with E-state index in [1.54, 1.807) is 25.3 Å². The predicted molar refractivity (Wildman–Crippen MR) is 82.1 cm³/mol. The molecule has 122 valence electrons. The average molecular weight is 309 g/mol. The molecule has 1 amide bonds. The Kier molecular flexibility index (Phi) is 7.22. The molecule has 0 aromatic heterocycles. The molecule has 0 heterocycles. The van der Waals surface area contributed by atoms with Crippen molar-refractivity contribution in [3.8, 4) is 11.5 Å². The Morgan fingerprint density at radius 1 is 1.14 bits per heavy atom. The summed E-state index contributed by atoms with van der Waals surface area (Å²) in [7, 11) is 3.07. The summed E-state index contributed by atoms with van der Waals surface area (Å²) in [6, 6.07) is 5.18. The summed E-state index contributed by atoms with van der Waals surface area (Å²) in [6.07, 6.45) is 0.0673. The minimum atomic E-state index is -0.466. The highest BCUT2D eigenvalue weighted by Gasteiger charge is 2.11. The summed E-state index contributed by atoms with van der Waals surface area (Å²) < 4.78 is 15.2. The first-order valence-electron chi connectivity index (χ1n) is 7.09. The van der Waals surface area contributed by atoms with Crippen molar-refractivity contribution in [2.45, 2.75) is 20.3 Å². The van der Waals surface area contributed by atoms with Crippen LogP contribution in [0.5, 0.6) is 11.5 Å². The van der Waals surface area contributed by atoms with Gasteiger partial charge in [-0.05, 0) is 23.6 Å². The standard InChI is InChI=1S/C16H23NO5/c1-11(2)9-17-15(18)10-22-16(19)8-12-5-6-13(20-3)14(7-12)21-4/h5-7,11H,8-10H2,1-4H3,(H,17,18). The fourth-order valence-corrected chi connectivity index (χ4v) is 1.72. The van der Waals surface area contributed by atoms with Crippen molar-refractivity contribution in [3.05, 3.63) is 23.8 Å². The number of esters is 1. The second-order valence-corrected chi connectivity index (χ2v) is 5.22. The molecule has 0 aliphatic heterocycles. The van der Waals surface area contributed by atoms with Crippen LogP contribution in [0.15, 0.2) is 18.2 Å². The smallest absolute Gasteiger partial charge is 0.310 e.